The number of ether oxygens (including phenoxy) is 1. The van der Waals surface area contributed by atoms with Crippen molar-refractivity contribution >= 4 is 38.9 Å². The summed E-state index contributed by atoms with van der Waals surface area (Å²) >= 11 is 1.18. The van der Waals surface area contributed by atoms with E-state index < -0.39 is 12.1 Å². The van der Waals surface area contributed by atoms with E-state index in [9.17, 15) is 9.59 Å². The third kappa shape index (κ3) is 3.89. The molecule has 0 saturated carbocycles. The molecule has 0 aromatic carbocycles. The second-order valence-electron chi connectivity index (χ2n) is 3.67. The average Bonchev–Trinajstić information content (AvgIpc) is 2.85. The molecule has 0 atom stereocenters. The molecule has 2 aromatic heterocycles. The monoisotopic (exact) mass is 312 g/mol. The van der Waals surface area contributed by atoms with Gasteiger partial charge >= 0.3 is 12.1 Å². The first-order chi connectivity index (χ1) is 10.1. The molecule has 4 N–H and O–H groups in total. The van der Waals surface area contributed by atoms with Gasteiger partial charge in [-0.05, 0) is 0 Å². The lowest BCUT2D eigenvalue weighted by molar-refractivity contribution is 0.194. The number of carbonyl (C=O) groups is 2. The molecule has 0 fully saturated rings. The highest BCUT2D eigenvalue weighted by Gasteiger charge is 2.12. The first-order valence-corrected chi connectivity index (χ1v) is 6.59. The van der Waals surface area contributed by atoms with Gasteiger partial charge in [0.1, 0.15) is 6.33 Å². The molecule has 3 amide bonds. The fraction of sp³-hybridized carbons (Fsp3) is 0.300. The molecule has 21 heavy (non-hydrogen) atoms. The van der Waals surface area contributed by atoms with Crippen molar-refractivity contribution in [1.82, 2.24) is 25.6 Å². The number of methoxy groups -OCH3 is 1. The van der Waals surface area contributed by atoms with Crippen molar-refractivity contribution in [3.63, 3.8) is 0 Å². The number of carboxylic acid groups (broad SMARTS) is 1. The maximum atomic E-state index is 11.6. The van der Waals surface area contributed by atoms with Crippen molar-refractivity contribution in [3.05, 3.63) is 6.33 Å². The van der Waals surface area contributed by atoms with Gasteiger partial charge in [0.05, 0.1) is 7.11 Å². The first kappa shape index (κ1) is 14.7. The summed E-state index contributed by atoms with van der Waals surface area (Å²) in [6.07, 6.45) is 0.204. The summed E-state index contributed by atoms with van der Waals surface area (Å²) in [5.74, 6) is 0.329. The van der Waals surface area contributed by atoms with Crippen LogP contribution in [0.1, 0.15) is 0 Å². The Hall–Kier alpha value is -2.69. The minimum Gasteiger partial charge on any atom is -0.479 e. The lowest BCUT2D eigenvalue weighted by Crippen LogP contribution is -2.36. The molecule has 0 spiro atoms. The summed E-state index contributed by atoms with van der Waals surface area (Å²) < 4.78 is 5.05. The van der Waals surface area contributed by atoms with Gasteiger partial charge in [-0.2, -0.15) is 4.98 Å². The summed E-state index contributed by atoms with van der Waals surface area (Å²) in [4.78, 5) is 34.5. The van der Waals surface area contributed by atoms with Crippen LogP contribution in [-0.2, 0) is 0 Å². The Labute approximate surface area is 122 Å². The maximum Gasteiger partial charge on any atom is 0.404 e. The van der Waals surface area contributed by atoms with Crippen LogP contribution >= 0.6 is 11.3 Å². The van der Waals surface area contributed by atoms with Crippen LogP contribution in [0.3, 0.4) is 0 Å². The highest BCUT2D eigenvalue weighted by molar-refractivity contribution is 7.22. The number of nitrogens with one attached hydrogen (secondary N) is 3. The minimum atomic E-state index is -1.14. The smallest absolute Gasteiger partial charge is 0.404 e. The van der Waals surface area contributed by atoms with E-state index in [1.807, 2.05) is 0 Å². The van der Waals surface area contributed by atoms with Crippen LogP contribution in [0, 0.1) is 0 Å². The summed E-state index contributed by atoms with van der Waals surface area (Å²) in [6, 6.07) is -0.492. The maximum absolute atomic E-state index is 11.6. The Balaban J connectivity index is 1.93. The molecular formula is C10H12N6O4S. The van der Waals surface area contributed by atoms with Gasteiger partial charge in [0.2, 0.25) is 5.88 Å². The lowest BCUT2D eigenvalue weighted by Gasteiger charge is -2.04. The summed E-state index contributed by atoms with van der Waals surface area (Å²) in [6.45, 7) is 0.272. The third-order valence-corrected chi connectivity index (χ3v) is 3.14. The van der Waals surface area contributed by atoms with Crippen LogP contribution in [0.5, 0.6) is 5.88 Å². The second kappa shape index (κ2) is 6.65. The van der Waals surface area contributed by atoms with Gasteiger partial charge in [0.25, 0.3) is 0 Å². The number of carbonyl (C=O) groups excluding carboxylic acids is 1. The standard InChI is InChI=1S/C10H12N6O4S/c1-20-6-5-7(14-4-13-6)21-9(15-5)16-8(17)11-2-3-12-10(18)19/h4,12H,2-3H2,1H3,(H,18,19)(H2,11,15,16,17). The number of thiazole rings is 1. The summed E-state index contributed by atoms with van der Waals surface area (Å²) in [5, 5.41) is 15.9. The molecule has 0 radical (unpaired) electrons. The van der Waals surface area contributed by atoms with Gasteiger partial charge in [-0.1, -0.05) is 11.3 Å². The molecule has 0 aliphatic carbocycles. The van der Waals surface area contributed by atoms with Gasteiger partial charge in [-0.3, -0.25) is 5.32 Å². The zero-order chi connectivity index (χ0) is 15.2. The molecule has 0 saturated heterocycles. The zero-order valence-electron chi connectivity index (χ0n) is 10.9. The van der Waals surface area contributed by atoms with Crippen molar-refractivity contribution in [2.45, 2.75) is 0 Å². The van der Waals surface area contributed by atoms with Gasteiger partial charge < -0.3 is 20.5 Å². The van der Waals surface area contributed by atoms with Gasteiger partial charge in [-0.15, -0.1) is 0 Å². The van der Waals surface area contributed by atoms with Crippen molar-refractivity contribution in [2.24, 2.45) is 0 Å². The van der Waals surface area contributed by atoms with E-state index in [1.54, 1.807) is 0 Å². The minimum absolute atomic E-state index is 0.113. The van der Waals surface area contributed by atoms with E-state index in [0.717, 1.165) is 0 Å². The molecule has 11 heteroatoms. The Bertz CT molecular complexity index is 660. The number of hydrogen-bond acceptors (Lipinski definition) is 7. The van der Waals surface area contributed by atoms with Crippen LogP contribution in [0.2, 0.25) is 0 Å². The Morgan fingerprint density at radius 1 is 1.33 bits per heavy atom. The van der Waals surface area contributed by atoms with E-state index >= 15 is 0 Å². The molecule has 2 heterocycles. The van der Waals surface area contributed by atoms with Gasteiger partial charge in [0, 0.05) is 13.1 Å². The number of amides is 3. The van der Waals surface area contributed by atoms with E-state index in [2.05, 4.69) is 30.9 Å². The number of urea groups is 1. The number of hydrogen-bond donors (Lipinski definition) is 4. The van der Waals surface area contributed by atoms with Crippen molar-refractivity contribution in [2.75, 3.05) is 25.5 Å². The Morgan fingerprint density at radius 3 is 2.81 bits per heavy atom. The van der Waals surface area contributed by atoms with E-state index in [4.69, 9.17) is 9.84 Å². The topological polar surface area (TPSA) is 138 Å². The van der Waals surface area contributed by atoms with Crippen molar-refractivity contribution in [1.29, 1.82) is 0 Å². The number of nitrogens with zero attached hydrogens (tertiary/aromatic N) is 3. The van der Waals surface area contributed by atoms with Crippen LogP contribution in [0.4, 0.5) is 14.7 Å². The highest BCUT2D eigenvalue weighted by Crippen LogP contribution is 2.28. The fourth-order valence-corrected chi connectivity index (χ4v) is 2.22. The molecular weight excluding hydrogens is 300 g/mol. The number of aromatic nitrogens is 3. The Kier molecular flexibility index (Phi) is 4.66. The normalized spacial score (nSPS) is 10.1. The van der Waals surface area contributed by atoms with Crippen molar-refractivity contribution < 1.29 is 19.4 Å². The molecule has 0 bridgehead atoms. The highest BCUT2D eigenvalue weighted by atomic mass is 32.1. The molecule has 112 valence electrons. The Morgan fingerprint density at radius 2 is 2.10 bits per heavy atom. The van der Waals surface area contributed by atoms with E-state index in [-0.39, 0.29) is 13.1 Å². The zero-order valence-corrected chi connectivity index (χ0v) is 11.7. The van der Waals surface area contributed by atoms with E-state index in [1.165, 1.54) is 24.8 Å². The fourth-order valence-electron chi connectivity index (χ4n) is 1.42. The molecule has 2 rings (SSSR count). The molecule has 2 aromatic rings. The van der Waals surface area contributed by atoms with Crippen LogP contribution in [0.25, 0.3) is 10.3 Å². The van der Waals surface area contributed by atoms with Crippen LogP contribution in [-0.4, -0.2) is 52.4 Å². The van der Waals surface area contributed by atoms with Crippen LogP contribution < -0.4 is 20.7 Å². The molecule has 0 aliphatic rings. The average molecular weight is 312 g/mol. The lowest BCUT2D eigenvalue weighted by atomic mass is 10.5. The summed E-state index contributed by atoms with van der Waals surface area (Å²) in [5.41, 5.74) is 0.466. The largest absolute Gasteiger partial charge is 0.479 e. The SMILES string of the molecule is COc1ncnc2sc(NC(=O)NCCNC(=O)O)nc12. The first-order valence-electron chi connectivity index (χ1n) is 5.77. The molecule has 0 unspecified atom stereocenters. The molecule has 0 aliphatic heterocycles. The van der Waals surface area contributed by atoms with Crippen molar-refractivity contribution in [3.8, 4) is 5.88 Å². The summed E-state index contributed by atoms with van der Waals surface area (Å²) in [7, 11) is 1.47. The molecule has 10 nitrogen and oxygen atoms in total. The number of fused-ring (bicyclic) bond motifs is 1. The predicted molar refractivity (Wildman–Crippen MR) is 74.8 cm³/mol. The van der Waals surface area contributed by atoms with Gasteiger partial charge in [0.15, 0.2) is 15.5 Å². The van der Waals surface area contributed by atoms with Crippen LogP contribution in [0.15, 0.2) is 6.33 Å². The predicted octanol–water partition coefficient (Wildman–Crippen LogP) is 0.484. The van der Waals surface area contributed by atoms with Gasteiger partial charge in [-0.25, -0.2) is 19.6 Å². The van der Waals surface area contributed by atoms with E-state index in [0.29, 0.717) is 21.4 Å². The quantitative estimate of drug-likeness (QED) is 0.589. The number of anilines is 1. The number of rotatable bonds is 5. The third-order valence-electron chi connectivity index (χ3n) is 2.26. The second-order valence-corrected chi connectivity index (χ2v) is 4.65.